The molecule has 1 saturated carbocycles. The van der Waals surface area contributed by atoms with E-state index in [9.17, 15) is 28.1 Å². The summed E-state index contributed by atoms with van der Waals surface area (Å²) in [6.07, 6.45) is 4.82. The van der Waals surface area contributed by atoms with E-state index in [-0.39, 0.29) is 40.5 Å². The normalized spacial score (nSPS) is 14.3. The highest BCUT2D eigenvalue weighted by molar-refractivity contribution is 9.10. The van der Waals surface area contributed by atoms with Crippen LogP contribution in [-0.4, -0.2) is 55.8 Å². The smallest absolute Gasteiger partial charge is 0.273 e. The van der Waals surface area contributed by atoms with Crippen LogP contribution in [0.25, 0.3) is 0 Å². The average molecular weight is 736 g/mol. The molecule has 0 aliphatic heterocycles. The molecule has 11 nitrogen and oxygen atoms in total. The highest BCUT2D eigenvalue weighted by Crippen LogP contribution is 2.36. The van der Waals surface area contributed by atoms with E-state index in [0.29, 0.717) is 5.56 Å². The van der Waals surface area contributed by atoms with Crippen molar-refractivity contribution in [2.75, 3.05) is 18.0 Å². The Hall–Kier alpha value is -3.68. The lowest BCUT2D eigenvalue weighted by Gasteiger charge is -2.33. The van der Waals surface area contributed by atoms with Gasteiger partial charge in [-0.15, -0.1) is 0 Å². The molecule has 0 radical (unpaired) electrons. The van der Waals surface area contributed by atoms with Crippen LogP contribution in [0.5, 0.6) is 5.75 Å². The van der Waals surface area contributed by atoms with E-state index in [1.807, 2.05) is 12.1 Å². The topological polar surface area (TPSA) is 139 Å². The first-order chi connectivity index (χ1) is 21.8. The number of anilines is 1. The molecule has 1 aliphatic rings. The summed E-state index contributed by atoms with van der Waals surface area (Å²) >= 11 is 9.73. The van der Waals surface area contributed by atoms with Gasteiger partial charge in [-0.25, -0.2) is 8.42 Å². The van der Waals surface area contributed by atoms with E-state index in [0.717, 1.165) is 46.9 Å². The van der Waals surface area contributed by atoms with E-state index in [1.165, 1.54) is 49.3 Å². The minimum absolute atomic E-state index is 0.00329. The maximum atomic E-state index is 14.3. The van der Waals surface area contributed by atoms with Gasteiger partial charge in [-0.1, -0.05) is 65.0 Å². The first kappa shape index (κ1) is 35.2. The summed E-state index contributed by atoms with van der Waals surface area (Å²) in [5, 5.41) is 14.9. The fourth-order valence-corrected chi connectivity index (χ4v) is 7.48. The van der Waals surface area contributed by atoms with Crippen molar-refractivity contribution >= 4 is 60.7 Å². The molecule has 1 aliphatic carbocycles. The maximum absolute atomic E-state index is 14.3. The second-order valence-corrected chi connectivity index (χ2v) is 14.4. The Kier molecular flexibility index (Phi) is 11.7. The minimum Gasteiger partial charge on any atom is -0.495 e. The number of nitrogens with zero attached hydrogens (tertiary/aromatic N) is 3. The van der Waals surface area contributed by atoms with Gasteiger partial charge in [0.2, 0.25) is 11.8 Å². The van der Waals surface area contributed by atoms with Gasteiger partial charge in [0.05, 0.1) is 22.6 Å². The summed E-state index contributed by atoms with van der Waals surface area (Å²) in [6.45, 7) is 2.36. The molecule has 46 heavy (non-hydrogen) atoms. The zero-order chi connectivity index (χ0) is 33.6. The monoisotopic (exact) mass is 734 g/mol. The molecule has 0 heterocycles. The number of sulfonamides is 1. The van der Waals surface area contributed by atoms with Gasteiger partial charge < -0.3 is 15.0 Å². The molecule has 4 rings (SSSR count). The Morgan fingerprint density at radius 3 is 2.48 bits per heavy atom. The molecule has 1 N–H and O–H groups in total. The van der Waals surface area contributed by atoms with Crippen molar-refractivity contribution in [2.45, 2.75) is 69.5 Å². The number of hydrogen-bond acceptors (Lipinski definition) is 7. The number of aryl methyl sites for hydroxylation is 1. The van der Waals surface area contributed by atoms with Gasteiger partial charge in [-0.3, -0.25) is 24.0 Å². The van der Waals surface area contributed by atoms with Crippen molar-refractivity contribution in [3.8, 4) is 5.75 Å². The van der Waals surface area contributed by atoms with Crippen LogP contribution in [0.4, 0.5) is 11.4 Å². The third kappa shape index (κ3) is 8.37. The second kappa shape index (κ2) is 15.3. The highest BCUT2D eigenvalue weighted by Gasteiger charge is 2.35. The Morgan fingerprint density at radius 1 is 1.11 bits per heavy atom. The molecule has 3 aromatic carbocycles. The predicted octanol–water partition coefficient (Wildman–Crippen LogP) is 6.39. The van der Waals surface area contributed by atoms with Gasteiger partial charge in [-0.2, -0.15) is 0 Å². The standard InChI is InChI=1S/C32H36BrClN4O7S/c1-21-12-14-27(18-28(21)38(41)42)46(43,44)37(29-17-25(34)13-15-30(29)45-3)20-31(39)36(19-23-8-7-9-24(33)16-23)22(2)32(40)35-26-10-5-4-6-11-26/h7-9,12-18,22,26H,4-6,10-11,19-20H2,1-3H3,(H,35,40)/t22-/m0/s1. The molecule has 2 amide bonds. The molecule has 0 unspecified atom stereocenters. The van der Waals surface area contributed by atoms with Gasteiger partial charge in [-0.05, 0) is 68.7 Å². The quantitative estimate of drug-likeness (QED) is 0.168. The molecule has 1 fully saturated rings. The number of halogens is 2. The van der Waals surface area contributed by atoms with Crippen LogP contribution in [-0.2, 0) is 26.2 Å². The molecule has 1 atom stereocenters. The zero-order valence-electron chi connectivity index (χ0n) is 25.7. The van der Waals surface area contributed by atoms with Crippen LogP contribution in [0.2, 0.25) is 5.02 Å². The lowest BCUT2D eigenvalue weighted by Crippen LogP contribution is -2.53. The first-order valence-electron chi connectivity index (χ1n) is 14.8. The number of methoxy groups -OCH3 is 1. The number of nitro groups is 1. The third-order valence-corrected chi connectivity index (χ3v) is 10.5. The molecular weight excluding hydrogens is 700 g/mol. The number of carbonyl (C=O) groups excluding carboxylic acids is 2. The van der Waals surface area contributed by atoms with Crippen molar-refractivity contribution in [2.24, 2.45) is 0 Å². The van der Waals surface area contributed by atoms with Crippen LogP contribution in [0.15, 0.2) is 70.0 Å². The number of benzene rings is 3. The Bertz CT molecular complexity index is 1720. The number of nitrogens with one attached hydrogen (secondary N) is 1. The number of rotatable bonds is 12. The highest BCUT2D eigenvalue weighted by atomic mass is 79.9. The zero-order valence-corrected chi connectivity index (χ0v) is 28.9. The lowest BCUT2D eigenvalue weighted by molar-refractivity contribution is -0.385. The van der Waals surface area contributed by atoms with Gasteiger partial charge >= 0.3 is 0 Å². The summed E-state index contributed by atoms with van der Waals surface area (Å²) in [4.78, 5) is 39.8. The van der Waals surface area contributed by atoms with Crippen molar-refractivity contribution < 1.29 is 27.7 Å². The van der Waals surface area contributed by atoms with Crippen LogP contribution < -0.4 is 14.4 Å². The van der Waals surface area contributed by atoms with Gasteiger partial charge in [0.15, 0.2) is 0 Å². The molecule has 246 valence electrons. The summed E-state index contributed by atoms with van der Waals surface area (Å²) in [7, 11) is -3.28. The second-order valence-electron chi connectivity index (χ2n) is 11.2. The predicted molar refractivity (Wildman–Crippen MR) is 180 cm³/mol. The number of amides is 2. The van der Waals surface area contributed by atoms with Crippen LogP contribution in [0, 0.1) is 17.0 Å². The largest absolute Gasteiger partial charge is 0.495 e. The van der Waals surface area contributed by atoms with Gasteiger partial charge in [0.1, 0.15) is 18.3 Å². The minimum atomic E-state index is -4.62. The van der Waals surface area contributed by atoms with Crippen molar-refractivity contribution in [1.29, 1.82) is 0 Å². The van der Waals surface area contributed by atoms with Gasteiger partial charge in [0.25, 0.3) is 15.7 Å². The first-order valence-corrected chi connectivity index (χ1v) is 17.4. The average Bonchev–Trinajstić information content (AvgIpc) is 3.02. The number of ether oxygens (including phenoxy) is 1. The Morgan fingerprint density at radius 2 is 1.83 bits per heavy atom. The Balaban J connectivity index is 1.78. The van der Waals surface area contributed by atoms with Crippen LogP contribution in [0.3, 0.4) is 0 Å². The molecule has 0 spiro atoms. The van der Waals surface area contributed by atoms with Crippen LogP contribution in [0.1, 0.15) is 50.2 Å². The van der Waals surface area contributed by atoms with E-state index >= 15 is 0 Å². The fourth-order valence-electron chi connectivity index (χ4n) is 5.43. The third-order valence-electron chi connectivity index (χ3n) is 8.01. The molecule has 0 bridgehead atoms. The van der Waals surface area contributed by atoms with E-state index < -0.39 is 44.0 Å². The van der Waals surface area contributed by atoms with Crippen molar-refractivity contribution in [3.63, 3.8) is 0 Å². The summed E-state index contributed by atoms with van der Waals surface area (Å²) in [5.41, 5.74) is 0.539. The summed E-state index contributed by atoms with van der Waals surface area (Å²) < 4.78 is 35.6. The molecular formula is C32H36BrClN4O7S. The van der Waals surface area contributed by atoms with Gasteiger partial charge in [0, 0.05) is 33.7 Å². The molecule has 14 heteroatoms. The van der Waals surface area contributed by atoms with E-state index in [2.05, 4.69) is 21.2 Å². The Labute approximate surface area is 282 Å². The maximum Gasteiger partial charge on any atom is 0.273 e. The van der Waals surface area contributed by atoms with Crippen LogP contribution >= 0.6 is 27.5 Å². The molecule has 3 aromatic rings. The fraction of sp³-hybridized carbons (Fsp3) is 0.375. The number of carbonyl (C=O) groups is 2. The summed E-state index contributed by atoms with van der Waals surface area (Å²) in [6, 6.07) is 14.1. The van der Waals surface area contributed by atoms with Crippen molar-refractivity contribution in [3.05, 3.63) is 91.4 Å². The van der Waals surface area contributed by atoms with Crippen molar-refractivity contribution in [1.82, 2.24) is 10.2 Å². The lowest BCUT2D eigenvalue weighted by atomic mass is 9.95. The molecule has 0 aromatic heterocycles. The number of hydrogen-bond donors (Lipinski definition) is 1. The SMILES string of the molecule is COc1ccc(Cl)cc1N(CC(=O)N(Cc1cccc(Br)c1)[C@@H](C)C(=O)NC1CCCCC1)S(=O)(=O)c1ccc(C)c([N+](=O)[O-])c1. The molecule has 0 saturated heterocycles. The van der Waals surface area contributed by atoms with E-state index in [1.54, 1.807) is 19.1 Å². The number of nitro benzene ring substituents is 1. The summed E-state index contributed by atoms with van der Waals surface area (Å²) in [5.74, 6) is -0.929. The van der Waals surface area contributed by atoms with E-state index in [4.69, 9.17) is 16.3 Å².